The van der Waals surface area contributed by atoms with Crippen LogP contribution in [0.2, 0.25) is 0 Å². The lowest BCUT2D eigenvalue weighted by molar-refractivity contribution is -0.870. The monoisotopic (exact) mass is 1100 g/mol. The van der Waals surface area contributed by atoms with Crippen molar-refractivity contribution in [3.63, 3.8) is 0 Å². The van der Waals surface area contributed by atoms with E-state index in [-0.39, 0.29) is 24.9 Å². The number of quaternary nitrogens is 1. The normalized spacial score (nSPS) is 14.1. The summed E-state index contributed by atoms with van der Waals surface area (Å²) in [7, 11) is 1.18. The summed E-state index contributed by atoms with van der Waals surface area (Å²) < 4.78 is 30.3. The number of amides is 1. The van der Waals surface area contributed by atoms with Crippen LogP contribution in [0, 0.1) is 0 Å². The number of phosphoric acid groups is 1. The van der Waals surface area contributed by atoms with Crippen molar-refractivity contribution in [3.05, 3.63) is 72.9 Å². The second-order valence-corrected chi connectivity index (χ2v) is 24.3. The fourth-order valence-corrected chi connectivity index (χ4v) is 9.83. The van der Waals surface area contributed by atoms with Gasteiger partial charge in [-0.25, -0.2) is 0 Å². The van der Waals surface area contributed by atoms with Gasteiger partial charge in [-0.05, 0) is 96.0 Å². The van der Waals surface area contributed by atoms with Gasteiger partial charge in [0.05, 0.1) is 33.8 Å². The number of unbranched alkanes of at least 4 members (excludes halogenated alkanes) is 33. The maximum absolute atomic E-state index is 13.5. The van der Waals surface area contributed by atoms with Gasteiger partial charge in [0.15, 0.2) is 0 Å². The van der Waals surface area contributed by atoms with E-state index in [1.54, 1.807) is 0 Å². The van der Waals surface area contributed by atoms with Gasteiger partial charge >= 0.3 is 5.97 Å². The molecule has 10 heteroatoms. The van der Waals surface area contributed by atoms with Crippen molar-refractivity contribution in [2.75, 3.05) is 40.9 Å². The van der Waals surface area contributed by atoms with E-state index in [1.165, 1.54) is 161 Å². The fraction of sp³-hybridized carbons (Fsp3) is 0.791. The Labute approximate surface area is 476 Å². The highest BCUT2D eigenvalue weighted by molar-refractivity contribution is 7.45. The van der Waals surface area contributed by atoms with Crippen molar-refractivity contribution in [3.8, 4) is 0 Å². The molecule has 0 aliphatic carbocycles. The summed E-state index contributed by atoms with van der Waals surface area (Å²) in [4.78, 5) is 40.0. The summed E-state index contributed by atoms with van der Waals surface area (Å²) in [6, 6.07) is -0.896. The van der Waals surface area contributed by atoms with Crippen molar-refractivity contribution < 1.29 is 37.3 Å². The van der Waals surface area contributed by atoms with Gasteiger partial charge in [-0.3, -0.25) is 14.2 Å². The van der Waals surface area contributed by atoms with Gasteiger partial charge in [-0.2, -0.15) is 0 Å². The summed E-state index contributed by atoms with van der Waals surface area (Å²) >= 11 is 0. The van der Waals surface area contributed by atoms with Crippen LogP contribution in [-0.2, 0) is 27.9 Å². The second-order valence-electron chi connectivity index (χ2n) is 22.9. The fourth-order valence-electron chi connectivity index (χ4n) is 9.11. The van der Waals surface area contributed by atoms with E-state index >= 15 is 0 Å². The van der Waals surface area contributed by atoms with Crippen LogP contribution in [0.25, 0.3) is 0 Å². The summed E-state index contributed by atoms with van der Waals surface area (Å²) in [5.41, 5.74) is 0. The van der Waals surface area contributed by atoms with Gasteiger partial charge in [-0.1, -0.05) is 255 Å². The van der Waals surface area contributed by atoms with Crippen LogP contribution < -0.4 is 10.2 Å². The van der Waals surface area contributed by atoms with Crippen molar-refractivity contribution in [2.24, 2.45) is 0 Å². The molecule has 0 aliphatic rings. The number of carbonyl (C=O) groups excluding carboxylic acids is 2. The zero-order valence-electron chi connectivity index (χ0n) is 51.2. The Kier molecular flexibility index (Phi) is 54.8. The molecule has 1 N–H and O–H groups in total. The van der Waals surface area contributed by atoms with E-state index in [2.05, 4.69) is 86.8 Å². The molecule has 0 radical (unpaired) electrons. The standard InChI is InChI=1S/C67H123N2O7P/c1-7-10-13-16-19-22-25-27-29-30-31-32-33-34-35-36-37-38-40-41-44-47-50-53-56-59-66(70)68-64(63-75-77(72,73)74-62-61-69(4,5)6)65(58-55-52-49-46-43-24-21-18-15-12-9-3)76-67(71)60-57-54-51-48-45-42-39-28-26-23-20-17-14-11-8-2/h19-20,22-23,26-29,31-32,55,58,64-65H,7-18,21,24-25,30,33-54,56-57,59-63H2,1-6H3,(H-,68,70,72,73)/b22-19-,23-20+,28-26+,29-27-,32-31-,58-55-. The Morgan fingerprint density at radius 1 is 0.468 bits per heavy atom. The van der Waals surface area contributed by atoms with Gasteiger partial charge in [0.25, 0.3) is 7.82 Å². The predicted molar refractivity (Wildman–Crippen MR) is 330 cm³/mol. The number of rotatable bonds is 58. The molecule has 448 valence electrons. The third kappa shape index (κ3) is 57.9. The lowest BCUT2D eigenvalue weighted by Gasteiger charge is -2.30. The summed E-state index contributed by atoms with van der Waals surface area (Å²) in [5, 5.41) is 3.03. The van der Waals surface area contributed by atoms with Crippen LogP contribution in [0.4, 0.5) is 0 Å². The topological polar surface area (TPSA) is 114 Å². The van der Waals surface area contributed by atoms with E-state index < -0.39 is 26.6 Å². The zero-order chi connectivity index (χ0) is 56.4. The first-order valence-corrected chi connectivity index (χ1v) is 33.7. The van der Waals surface area contributed by atoms with Crippen molar-refractivity contribution in [1.29, 1.82) is 0 Å². The van der Waals surface area contributed by atoms with Gasteiger partial charge in [0, 0.05) is 12.8 Å². The molecule has 0 fully saturated rings. The van der Waals surface area contributed by atoms with Crippen molar-refractivity contribution >= 4 is 19.7 Å². The van der Waals surface area contributed by atoms with E-state index in [9.17, 15) is 19.0 Å². The Morgan fingerprint density at radius 3 is 1.29 bits per heavy atom. The molecule has 0 saturated carbocycles. The lowest BCUT2D eigenvalue weighted by Crippen LogP contribution is -2.47. The number of esters is 1. The maximum Gasteiger partial charge on any atom is 0.306 e. The lowest BCUT2D eigenvalue weighted by atomic mass is 10.0. The molecule has 0 aromatic heterocycles. The number of ether oxygens (including phenoxy) is 1. The molecule has 3 atom stereocenters. The number of hydrogen-bond donors (Lipinski definition) is 1. The summed E-state index contributed by atoms with van der Waals surface area (Å²) in [6.07, 6.45) is 73.0. The molecular weight excluding hydrogens is 976 g/mol. The molecule has 77 heavy (non-hydrogen) atoms. The van der Waals surface area contributed by atoms with E-state index in [0.717, 1.165) is 96.3 Å². The first kappa shape index (κ1) is 74.5. The highest BCUT2D eigenvalue weighted by atomic mass is 31.2. The highest BCUT2D eigenvalue weighted by Crippen LogP contribution is 2.38. The third-order valence-electron chi connectivity index (χ3n) is 14.1. The second kappa shape index (κ2) is 56.7. The molecule has 0 saturated heterocycles. The number of hydrogen-bond acceptors (Lipinski definition) is 7. The molecule has 0 aromatic rings. The molecule has 0 aromatic carbocycles. The highest BCUT2D eigenvalue weighted by Gasteiger charge is 2.27. The van der Waals surface area contributed by atoms with Gasteiger partial charge in [0.2, 0.25) is 5.91 Å². The van der Waals surface area contributed by atoms with Crippen LogP contribution in [0.1, 0.15) is 290 Å². The predicted octanol–water partition coefficient (Wildman–Crippen LogP) is 19.4. The third-order valence-corrected chi connectivity index (χ3v) is 15.1. The number of likely N-dealkylation sites (N-methyl/N-ethyl adjacent to an activating group) is 1. The largest absolute Gasteiger partial charge is 0.756 e. The minimum absolute atomic E-state index is 0.0264. The van der Waals surface area contributed by atoms with E-state index in [1.807, 2.05) is 33.3 Å². The quantitative estimate of drug-likeness (QED) is 0.0161. The van der Waals surface area contributed by atoms with Gasteiger partial charge in [-0.15, -0.1) is 0 Å². The minimum atomic E-state index is -4.70. The summed E-state index contributed by atoms with van der Waals surface area (Å²) in [6.45, 7) is 6.78. The van der Waals surface area contributed by atoms with E-state index in [4.69, 9.17) is 13.8 Å². The van der Waals surface area contributed by atoms with Crippen LogP contribution in [0.5, 0.6) is 0 Å². The van der Waals surface area contributed by atoms with E-state index in [0.29, 0.717) is 17.4 Å². The molecule has 0 heterocycles. The number of nitrogens with zero attached hydrogens (tertiary/aromatic N) is 1. The average Bonchev–Trinajstić information content (AvgIpc) is 3.39. The smallest absolute Gasteiger partial charge is 0.306 e. The molecular formula is C67H123N2O7P. The SMILES string of the molecule is CCCCC/C=C\C/C=C\C/C=C\CCCCCCCCCCCCCCC(=O)NC(COP(=O)([O-])OCC[N+](C)(C)C)C(/C=C\CCCCCCCCCCC)OC(=O)CCCCCCCC/C=C/C=C/CCCCC. The molecule has 0 rings (SSSR count). The number of allylic oxidation sites excluding steroid dienone is 11. The first-order valence-electron chi connectivity index (χ1n) is 32.3. The summed E-state index contributed by atoms with van der Waals surface area (Å²) in [5.74, 6) is -0.554. The molecule has 0 bridgehead atoms. The molecule has 3 unspecified atom stereocenters. The first-order chi connectivity index (χ1) is 37.4. The molecule has 9 nitrogen and oxygen atoms in total. The van der Waals surface area contributed by atoms with Crippen LogP contribution in [0.3, 0.4) is 0 Å². The molecule has 1 amide bonds. The van der Waals surface area contributed by atoms with Crippen molar-refractivity contribution in [1.82, 2.24) is 5.32 Å². The van der Waals surface area contributed by atoms with Crippen LogP contribution >= 0.6 is 7.82 Å². The maximum atomic E-state index is 13.5. The van der Waals surface area contributed by atoms with Gasteiger partial charge < -0.3 is 28.5 Å². The number of carbonyl (C=O) groups is 2. The van der Waals surface area contributed by atoms with Gasteiger partial charge in [0.1, 0.15) is 19.3 Å². The Hall–Kier alpha value is -2.55. The Morgan fingerprint density at radius 2 is 0.831 bits per heavy atom. The molecule has 0 aliphatic heterocycles. The minimum Gasteiger partial charge on any atom is -0.756 e. The number of nitrogens with one attached hydrogen (secondary N) is 1. The van der Waals surface area contributed by atoms with Crippen LogP contribution in [0.15, 0.2) is 72.9 Å². The Bertz CT molecular complexity index is 1550. The zero-order valence-corrected chi connectivity index (χ0v) is 52.0. The number of phosphoric ester groups is 1. The van der Waals surface area contributed by atoms with Crippen molar-refractivity contribution in [2.45, 2.75) is 303 Å². The Balaban J connectivity index is 5.10. The average molecular weight is 1100 g/mol. The van der Waals surface area contributed by atoms with Crippen LogP contribution in [-0.4, -0.2) is 69.4 Å². The molecule has 0 spiro atoms.